The first-order valence-corrected chi connectivity index (χ1v) is 5.92. The lowest BCUT2D eigenvalue weighted by atomic mass is 10.2. The molecule has 0 saturated carbocycles. The second kappa shape index (κ2) is 4.68. The molecule has 1 atom stereocenters. The third-order valence-electron chi connectivity index (χ3n) is 3.35. The number of carbonyl (C=O) groups excluding carboxylic acids is 1. The van der Waals surface area contributed by atoms with Crippen molar-refractivity contribution in [3.63, 3.8) is 0 Å². The molecular weight excluding hydrogens is 232 g/mol. The Morgan fingerprint density at radius 1 is 1.50 bits per heavy atom. The molecular formula is C13H16N2O3. The van der Waals surface area contributed by atoms with Crippen LogP contribution >= 0.6 is 0 Å². The minimum Gasteiger partial charge on any atom is -0.478 e. The summed E-state index contributed by atoms with van der Waals surface area (Å²) in [6.07, 6.45) is 0.886. The topological polar surface area (TPSA) is 60.9 Å². The highest BCUT2D eigenvalue weighted by Gasteiger charge is 2.34. The summed E-state index contributed by atoms with van der Waals surface area (Å²) in [5.74, 6) is -0.983. The maximum atomic E-state index is 12.1. The van der Waals surface area contributed by atoms with Crippen LogP contribution in [0.5, 0.6) is 0 Å². The second-order valence-electron chi connectivity index (χ2n) is 4.42. The lowest BCUT2D eigenvalue weighted by Gasteiger charge is -2.16. The predicted octanol–water partition coefficient (Wildman–Crippen LogP) is 2.04. The molecule has 0 aromatic heterocycles. The molecule has 96 valence electrons. The summed E-state index contributed by atoms with van der Waals surface area (Å²) < 4.78 is 0. The van der Waals surface area contributed by atoms with Crippen molar-refractivity contribution in [3.8, 4) is 0 Å². The molecule has 0 radical (unpaired) electrons. The van der Waals surface area contributed by atoms with Crippen molar-refractivity contribution in [3.05, 3.63) is 29.8 Å². The quantitative estimate of drug-likeness (QED) is 0.890. The average molecular weight is 248 g/mol. The van der Waals surface area contributed by atoms with E-state index in [1.54, 1.807) is 29.0 Å². The molecule has 0 aliphatic carbocycles. The van der Waals surface area contributed by atoms with Crippen LogP contribution in [-0.2, 0) is 0 Å². The van der Waals surface area contributed by atoms with Gasteiger partial charge in [0.05, 0.1) is 11.6 Å². The van der Waals surface area contributed by atoms with E-state index in [9.17, 15) is 9.59 Å². The summed E-state index contributed by atoms with van der Waals surface area (Å²) in [6.45, 7) is 2.64. The van der Waals surface area contributed by atoms with E-state index in [0.29, 0.717) is 12.2 Å². The number of hydrogen-bond donors (Lipinski definition) is 1. The van der Waals surface area contributed by atoms with Crippen LogP contribution in [0.3, 0.4) is 0 Å². The molecule has 0 spiro atoms. The summed E-state index contributed by atoms with van der Waals surface area (Å²) >= 11 is 0. The number of carboxylic acids is 1. The Hall–Kier alpha value is -2.04. The lowest BCUT2D eigenvalue weighted by Crippen LogP contribution is -2.30. The van der Waals surface area contributed by atoms with E-state index in [4.69, 9.17) is 5.11 Å². The molecule has 1 aliphatic heterocycles. The maximum absolute atomic E-state index is 12.1. The highest BCUT2D eigenvalue weighted by atomic mass is 16.4. The maximum Gasteiger partial charge on any atom is 0.335 e. The first kappa shape index (κ1) is 12.4. The van der Waals surface area contributed by atoms with Gasteiger partial charge in [0.1, 0.15) is 0 Å². The van der Waals surface area contributed by atoms with E-state index < -0.39 is 5.97 Å². The van der Waals surface area contributed by atoms with Gasteiger partial charge >= 0.3 is 12.0 Å². The first-order chi connectivity index (χ1) is 8.54. The Bertz CT molecular complexity index is 487. The van der Waals surface area contributed by atoms with Crippen LogP contribution in [0.4, 0.5) is 10.5 Å². The molecule has 1 N–H and O–H groups in total. The molecule has 2 rings (SSSR count). The highest BCUT2D eigenvalue weighted by Crippen LogP contribution is 2.24. The number of hydrogen-bond acceptors (Lipinski definition) is 2. The lowest BCUT2D eigenvalue weighted by molar-refractivity contribution is 0.0697. The van der Waals surface area contributed by atoms with Crippen LogP contribution in [0.25, 0.3) is 0 Å². The van der Waals surface area contributed by atoms with Crippen LogP contribution in [0.2, 0.25) is 0 Å². The monoisotopic (exact) mass is 248 g/mol. The van der Waals surface area contributed by atoms with E-state index in [1.807, 2.05) is 6.92 Å². The fourth-order valence-electron chi connectivity index (χ4n) is 2.18. The van der Waals surface area contributed by atoms with Gasteiger partial charge in [-0.1, -0.05) is 13.0 Å². The zero-order valence-corrected chi connectivity index (χ0v) is 10.5. The van der Waals surface area contributed by atoms with Gasteiger partial charge in [-0.05, 0) is 24.6 Å². The fraction of sp³-hybridized carbons (Fsp3) is 0.385. The van der Waals surface area contributed by atoms with Gasteiger partial charge in [0.2, 0.25) is 0 Å². The molecule has 2 amide bonds. The second-order valence-corrected chi connectivity index (χ2v) is 4.42. The van der Waals surface area contributed by atoms with E-state index in [0.717, 1.165) is 6.42 Å². The van der Waals surface area contributed by atoms with Crippen molar-refractivity contribution in [2.75, 3.05) is 18.5 Å². The van der Waals surface area contributed by atoms with Crippen LogP contribution in [0, 0.1) is 0 Å². The number of carbonyl (C=O) groups is 2. The van der Waals surface area contributed by atoms with Gasteiger partial charge in [0.15, 0.2) is 0 Å². The molecule has 0 bridgehead atoms. The SMILES string of the molecule is CCC1CN(c2cccc(C(=O)O)c2)C(=O)N1C. The summed E-state index contributed by atoms with van der Waals surface area (Å²) in [7, 11) is 1.78. The number of rotatable bonds is 3. The standard InChI is InChI=1S/C13H16N2O3/c1-3-10-8-15(13(18)14(10)2)11-6-4-5-9(7-11)12(16)17/h4-7,10H,3,8H2,1-2H3,(H,16,17). The van der Waals surface area contributed by atoms with E-state index >= 15 is 0 Å². The number of nitrogens with zero attached hydrogens (tertiary/aromatic N) is 2. The third kappa shape index (κ3) is 2.03. The number of urea groups is 1. The van der Waals surface area contributed by atoms with Crippen LogP contribution in [0.1, 0.15) is 23.7 Å². The number of carboxylic acid groups (broad SMARTS) is 1. The molecule has 5 heteroatoms. The van der Waals surface area contributed by atoms with E-state index in [2.05, 4.69) is 0 Å². The van der Waals surface area contributed by atoms with Crippen molar-refractivity contribution in [1.82, 2.24) is 4.90 Å². The summed E-state index contributed by atoms with van der Waals surface area (Å²) in [5, 5.41) is 8.95. The third-order valence-corrected chi connectivity index (χ3v) is 3.35. The summed E-state index contributed by atoms with van der Waals surface area (Å²) in [5.41, 5.74) is 0.839. The molecule has 1 aromatic rings. The van der Waals surface area contributed by atoms with Gasteiger partial charge in [-0.3, -0.25) is 4.90 Å². The van der Waals surface area contributed by atoms with Crippen molar-refractivity contribution >= 4 is 17.7 Å². The smallest absolute Gasteiger partial charge is 0.335 e. The molecule has 1 saturated heterocycles. The van der Waals surface area contributed by atoms with Crippen LogP contribution in [-0.4, -0.2) is 41.6 Å². The van der Waals surface area contributed by atoms with Gasteiger partial charge in [0.25, 0.3) is 0 Å². The van der Waals surface area contributed by atoms with Crippen molar-refractivity contribution in [1.29, 1.82) is 0 Å². The minimum absolute atomic E-state index is 0.0793. The van der Waals surface area contributed by atoms with Crippen molar-refractivity contribution < 1.29 is 14.7 Å². The van der Waals surface area contributed by atoms with E-state index in [1.165, 1.54) is 12.1 Å². The van der Waals surface area contributed by atoms with Crippen molar-refractivity contribution in [2.24, 2.45) is 0 Å². The number of aromatic carboxylic acids is 1. The first-order valence-electron chi connectivity index (χ1n) is 5.92. The zero-order valence-electron chi connectivity index (χ0n) is 10.5. The number of likely N-dealkylation sites (N-methyl/N-ethyl adjacent to an activating group) is 1. The largest absolute Gasteiger partial charge is 0.478 e. The van der Waals surface area contributed by atoms with Crippen LogP contribution < -0.4 is 4.90 Å². The molecule has 5 nitrogen and oxygen atoms in total. The van der Waals surface area contributed by atoms with Crippen molar-refractivity contribution in [2.45, 2.75) is 19.4 Å². The highest BCUT2D eigenvalue weighted by molar-refractivity contribution is 5.96. The Morgan fingerprint density at radius 3 is 2.78 bits per heavy atom. The molecule has 1 fully saturated rings. The number of anilines is 1. The minimum atomic E-state index is -0.983. The van der Waals surface area contributed by atoms with Gasteiger partial charge in [-0.25, -0.2) is 9.59 Å². The Labute approximate surface area is 106 Å². The molecule has 1 aromatic carbocycles. The Balaban J connectivity index is 2.30. The van der Waals surface area contributed by atoms with Crippen LogP contribution in [0.15, 0.2) is 24.3 Å². The average Bonchev–Trinajstić information content (AvgIpc) is 2.66. The Kier molecular flexibility index (Phi) is 3.23. The molecule has 18 heavy (non-hydrogen) atoms. The number of amides is 2. The fourth-order valence-corrected chi connectivity index (χ4v) is 2.18. The normalized spacial score (nSPS) is 19.4. The van der Waals surface area contributed by atoms with Gasteiger partial charge < -0.3 is 10.0 Å². The van der Waals surface area contributed by atoms with Gasteiger partial charge in [-0.15, -0.1) is 0 Å². The Morgan fingerprint density at radius 2 is 2.22 bits per heavy atom. The molecule has 1 aliphatic rings. The summed E-state index contributed by atoms with van der Waals surface area (Å²) in [6, 6.07) is 6.58. The predicted molar refractivity (Wildman–Crippen MR) is 68.0 cm³/mol. The molecule has 1 heterocycles. The summed E-state index contributed by atoms with van der Waals surface area (Å²) in [4.78, 5) is 26.3. The van der Waals surface area contributed by atoms with Gasteiger partial charge in [-0.2, -0.15) is 0 Å². The molecule has 1 unspecified atom stereocenters. The zero-order chi connectivity index (χ0) is 13.3. The van der Waals surface area contributed by atoms with Gasteiger partial charge in [0, 0.05) is 19.3 Å². The van der Waals surface area contributed by atoms with E-state index in [-0.39, 0.29) is 17.6 Å². The number of benzene rings is 1.